The molecule has 2 heterocycles. The average molecular weight is 347 g/mol. The smallest absolute Gasteiger partial charge is 0.278 e. The summed E-state index contributed by atoms with van der Waals surface area (Å²) in [6.45, 7) is 4.23. The van der Waals surface area contributed by atoms with E-state index in [0.717, 1.165) is 22.2 Å². The summed E-state index contributed by atoms with van der Waals surface area (Å²) < 4.78 is 12.2. The van der Waals surface area contributed by atoms with E-state index in [-0.39, 0.29) is 5.56 Å². The van der Waals surface area contributed by atoms with Crippen molar-refractivity contribution in [1.82, 2.24) is 14.5 Å². The number of H-pyrrole nitrogens is 1. The summed E-state index contributed by atoms with van der Waals surface area (Å²) in [5.74, 6) is 0.751. The predicted molar refractivity (Wildman–Crippen MR) is 97.0 cm³/mol. The lowest BCUT2D eigenvalue weighted by atomic mass is 10.2. The molecule has 3 aromatic rings. The van der Waals surface area contributed by atoms with Gasteiger partial charge in [0.1, 0.15) is 11.0 Å². The van der Waals surface area contributed by atoms with Crippen LogP contribution in [0.1, 0.15) is 6.92 Å². The van der Waals surface area contributed by atoms with Crippen LogP contribution in [0.15, 0.2) is 34.2 Å². The third kappa shape index (κ3) is 3.33. The summed E-state index contributed by atoms with van der Waals surface area (Å²) in [7, 11) is 1.63. The van der Waals surface area contributed by atoms with Crippen molar-refractivity contribution in [2.75, 3.05) is 32.7 Å². The van der Waals surface area contributed by atoms with Crippen LogP contribution in [0, 0.1) is 0 Å². The van der Waals surface area contributed by atoms with Gasteiger partial charge in [-0.2, -0.15) is 0 Å². The molecular formula is C17H21N3O3S. The molecule has 0 bridgehead atoms. The van der Waals surface area contributed by atoms with Gasteiger partial charge < -0.3 is 14.5 Å². The van der Waals surface area contributed by atoms with E-state index in [0.29, 0.717) is 37.0 Å². The van der Waals surface area contributed by atoms with E-state index >= 15 is 0 Å². The first-order chi connectivity index (χ1) is 11.8. The van der Waals surface area contributed by atoms with E-state index in [2.05, 4.69) is 4.98 Å². The lowest BCUT2D eigenvalue weighted by Gasteiger charge is -2.11. The Morgan fingerprint density at radius 1 is 1.29 bits per heavy atom. The summed E-state index contributed by atoms with van der Waals surface area (Å²) in [4.78, 5) is 20.9. The minimum absolute atomic E-state index is 0.0628. The number of fused-ring (bicyclic) bond motifs is 3. The number of nitrogens with zero attached hydrogens (tertiary/aromatic N) is 2. The first kappa shape index (κ1) is 17.0. The Bertz CT molecular complexity index is 888. The van der Waals surface area contributed by atoms with Gasteiger partial charge in [0, 0.05) is 30.4 Å². The third-order valence-corrected chi connectivity index (χ3v) is 4.70. The SMILES string of the molecule is CCOCCSc1nc2c([nH]c3ccccc32)c(=O)n1CCOC. The van der Waals surface area contributed by atoms with Crippen LogP contribution in [-0.2, 0) is 16.0 Å². The van der Waals surface area contributed by atoms with Crippen molar-refractivity contribution in [2.45, 2.75) is 18.6 Å². The van der Waals surface area contributed by atoms with Crippen molar-refractivity contribution in [1.29, 1.82) is 0 Å². The Morgan fingerprint density at radius 2 is 2.12 bits per heavy atom. The number of aromatic nitrogens is 3. The standard InChI is InChI=1S/C17H21N3O3S/c1-3-23-10-11-24-17-19-14-12-6-4-5-7-13(12)18-15(14)16(21)20(17)8-9-22-2/h4-7,18H,3,8-11H2,1-2H3. The van der Waals surface area contributed by atoms with Gasteiger partial charge in [-0.05, 0) is 13.0 Å². The van der Waals surface area contributed by atoms with E-state index in [1.54, 1.807) is 11.7 Å². The number of para-hydroxylation sites is 1. The number of methoxy groups -OCH3 is 1. The molecule has 7 heteroatoms. The van der Waals surface area contributed by atoms with Gasteiger partial charge in [-0.25, -0.2) is 4.98 Å². The monoisotopic (exact) mass is 347 g/mol. The van der Waals surface area contributed by atoms with Gasteiger partial charge in [-0.3, -0.25) is 9.36 Å². The Hall–Kier alpha value is -1.83. The second kappa shape index (κ2) is 7.83. The van der Waals surface area contributed by atoms with Crippen molar-refractivity contribution in [3.63, 3.8) is 0 Å². The first-order valence-corrected chi connectivity index (χ1v) is 8.95. The van der Waals surface area contributed by atoms with Gasteiger partial charge in [0.15, 0.2) is 5.16 Å². The van der Waals surface area contributed by atoms with Crippen LogP contribution in [0.25, 0.3) is 21.9 Å². The summed E-state index contributed by atoms with van der Waals surface area (Å²) in [5, 5.41) is 1.67. The highest BCUT2D eigenvalue weighted by atomic mass is 32.2. The normalized spacial score (nSPS) is 11.6. The van der Waals surface area contributed by atoms with Crippen LogP contribution in [0.2, 0.25) is 0 Å². The molecule has 0 radical (unpaired) electrons. The van der Waals surface area contributed by atoms with Gasteiger partial charge in [0.2, 0.25) is 0 Å². The molecule has 3 rings (SSSR count). The number of ether oxygens (including phenoxy) is 2. The fraction of sp³-hybridized carbons (Fsp3) is 0.412. The Kier molecular flexibility index (Phi) is 5.55. The number of aromatic amines is 1. The third-order valence-electron chi connectivity index (χ3n) is 3.76. The molecule has 0 saturated heterocycles. The molecule has 1 aromatic carbocycles. The van der Waals surface area contributed by atoms with Gasteiger partial charge in [0.05, 0.1) is 19.8 Å². The molecule has 0 unspecified atom stereocenters. The number of benzene rings is 1. The number of hydrogen-bond donors (Lipinski definition) is 1. The molecule has 0 atom stereocenters. The molecular weight excluding hydrogens is 326 g/mol. The number of rotatable bonds is 8. The van der Waals surface area contributed by atoms with Crippen molar-refractivity contribution in [2.24, 2.45) is 0 Å². The highest BCUT2D eigenvalue weighted by Crippen LogP contribution is 2.24. The fourth-order valence-corrected chi connectivity index (χ4v) is 3.47. The predicted octanol–water partition coefficient (Wildman–Crippen LogP) is 2.65. The number of hydrogen-bond acceptors (Lipinski definition) is 5. The molecule has 0 aliphatic carbocycles. The molecule has 1 N–H and O–H groups in total. The maximum Gasteiger partial charge on any atom is 0.278 e. The quantitative estimate of drug-likeness (QED) is 0.385. The second-order valence-corrected chi connectivity index (χ2v) is 6.35. The Balaban J connectivity index is 2.07. The molecule has 0 fully saturated rings. The van der Waals surface area contributed by atoms with Crippen molar-refractivity contribution < 1.29 is 9.47 Å². The first-order valence-electron chi connectivity index (χ1n) is 7.97. The number of thioether (sulfide) groups is 1. The van der Waals surface area contributed by atoms with E-state index in [4.69, 9.17) is 14.5 Å². The zero-order valence-corrected chi connectivity index (χ0v) is 14.7. The minimum atomic E-state index is -0.0628. The lowest BCUT2D eigenvalue weighted by Crippen LogP contribution is -2.25. The van der Waals surface area contributed by atoms with Gasteiger partial charge in [0.25, 0.3) is 5.56 Å². The molecule has 128 valence electrons. The van der Waals surface area contributed by atoms with Crippen molar-refractivity contribution in [3.8, 4) is 0 Å². The Morgan fingerprint density at radius 3 is 2.92 bits per heavy atom. The van der Waals surface area contributed by atoms with Crippen molar-refractivity contribution >= 4 is 33.7 Å². The van der Waals surface area contributed by atoms with Crippen LogP contribution in [0.3, 0.4) is 0 Å². The molecule has 0 aliphatic rings. The molecule has 0 saturated carbocycles. The largest absolute Gasteiger partial charge is 0.383 e. The minimum Gasteiger partial charge on any atom is -0.383 e. The van der Waals surface area contributed by atoms with Crippen LogP contribution >= 0.6 is 11.8 Å². The van der Waals surface area contributed by atoms with Gasteiger partial charge in [-0.1, -0.05) is 30.0 Å². The lowest BCUT2D eigenvalue weighted by molar-refractivity contribution is 0.164. The van der Waals surface area contributed by atoms with Gasteiger partial charge in [-0.15, -0.1) is 0 Å². The summed E-state index contributed by atoms with van der Waals surface area (Å²) in [5.41, 5.74) is 2.13. The molecule has 24 heavy (non-hydrogen) atoms. The highest BCUT2D eigenvalue weighted by Gasteiger charge is 2.15. The van der Waals surface area contributed by atoms with Gasteiger partial charge >= 0.3 is 0 Å². The summed E-state index contributed by atoms with van der Waals surface area (Å²) in [6.07, 6.45) is 0. The van der Waals surface area contributed by atoms with Crippen LogP contribution in [-0.4, -0.2) is 47.2 Å². The zero-order valence-electron chi connectivity index (χ0n) is 13.9. The molecule has 2 aromatic heterocycles. The fourth-order valence-electron chi connectivity index (χ4n) is 2.60. The molecule has 0 spiro atoms. The highest BCUT2D eigenvalue weighted by molar-refractivity contribution is 7.99. The second-order valence-electron chi connectivity index (χ2n) is 5.28. The van der Waals surface area contributed by atoms with Crippen molar-refractivity contribution in [3.05, 3.63) is 34.6 Å². The van der Waals surface area contributed by atoms with Crippen LogP contribution in [0.4, 0.5) is 0 Å². The average Bonchev–Trinajstić information content (AvgIpc) is 2.97. The maximum absolute atomic E-state index is 12.9. The molecule has 6 nitrogen and oxygen atoms in total. The van der Waals surface area contributed by atoms with E-state index in [1.807, 2.05) is 31.2 Å². The van der Waals surface area contributed by atoms with E-state index < -0.39 is 0 Å². The van der Waals surface area contributed by atoms with Crippen LogP contribution in [0.5, 0.6) is 0 Å². The zero-order chi connectivity index (χ0) is 16.9. The summed E-state index contributed by atoms with van der Waals surface area (Å²) in [6, 6.07) is 7.83. The van der Waals surface area contributed by atoms with E-state index in [9.17, 15) is 4.79 Å². The molecule has 0 amide bonds. The molecule has 0 aliphatic heterocycles. The Labute approximate surface area is 144 Å². The summed E-state index contributed by atoms with van der Waals surface area (Å²) >= 11 is 1.54. The maximum atomic E-state index is 12.9. The topological polar surface area (TPSA) is 69.1 Å². The van der Waals surface area contributed by atoms with E-state index in [1.165, 1.54) is 11.8 Å². The number of nitrogens with one attached hydrogen (secondary N) is 1. The van der Waals surface area contributed by atoms with Crippen LogP contribution < -0.4 is 5.56 Å².